The molecule has 0 amide bonds. The van der Waals surface area contributed by atoms with E-state index in [1.165, 1.54) is 12.1 Å². The summed E-state index contributed by atoms with van der Waals surface area (Å²) in [5.41, 5.74) is 3.03. The summed E-state index contributed by atoms with van der Waals surface area (Å²) in [7, 11) is 0. The van der Waals surface area contributed by atoms with E-state index < -0.39 is 5.76 Å². The molecule has 1 aromatic heterocycles. The van der Waals surface area contributed by atoms with E-state index in [4.69, 9.17) is 4.42 Å². The maximum Gasteiger partial charge on any atom is 0.417 e. The van der Waals surface area contributed by atoms with Crippen LogP contribution in [0.25, 0.3) is 11.1 Å². The first-order valence-corrected chi connectivity index (χ1v) is 6.57. The fraction of sp³-hybridized carbons (Fsp3) is 0.0714. The van der Waals surface area contributed by atoms with Gasteiger partial charge in [-0.15, -0.1) is 0 Å². The Morgan fingerprint density at radius 2 is 1.79 bits per heavy atom. The van der Waals surface area contributed by atoms with E-state index in [1.54, 1.807) is 24.3 Å². The fourth-order valence-corrected chi connectivity index (χ4v) is 2.53. The predicted octanol–water partition coefficient (Wildman–Crippen LogP) is 3.74. The minimum Gasteiger partial charge on any atom is -0.408 e. The molecule has 0 fully saturated rings. The van der Waals surface area contributed by atoms with E-state index in [1.807, 2.05) is 6.07 Å². The van der Waals surface area contributed by atoms with E-state index >= 15 is 0 Å². The molecular formula is C14H9BrFNO2. The lowest BCUT2D eigenvalue weighted by molar-refractivity contribution is 0.555. The first-order valence-electron chi connectivity index (χ1n) is 5.66. The largest absolute Gasteiger partial charge is 0.417 e. The Hall–Kier alpha value is -1.88. The van der Waals surface area contributed by atoms with E-state index in [2.05, 4.69) is 20.9 Å². The minimum atomic E-state index is -0.472. The number of halogens is 2. The topological polar surface area (TPSA) is 46.0 Å². The van der Waals surface area contributed by atoms with Gasteiger partial charge in [-0.3, -0.25) is 4.98 Å². The molecule has 0 aliphatic carbocycles. The highest BCUT2D eigenvalue weighted by Crippen LogP contribution is 2.32. The Labute approximate surface area is 116 Å². The van der Waals surface area contributed by atoms with Crippen molar-refractivity contribution in [2.45, 2.75) is 4.83 Å². The van der Waals surface area contributed by atoms with Crippen molar-refractivity contribution in [1.29, 1.82) is 0 Å². The summed E-state index contributed by atoms with van der Waals surface area (Å²) < 4.78 is 17.9. The number of alkyl halides is 1. The summed E-state index contributed by atoms with van der Waals surface area (Å²) in [5, 5.41) is 0. The molecule has 19 heavy (non-hydrogen) atoms. The number of H-pyrrole nitrogens is 1. The smallest absolute Gasteiger partial charge is 0.408 e. The highest BCUT2D eigenvalue weighted by Gasteiger charge is 2.12. The van der Waals surface area contributed by atoms with E-state index in [9.17, 15) is 9.18 Å². The van der Waals surface area contributed by atoms with Crippen LogP contribution in [-0.4, -0.2) is 4.98 Å². The summed E-state index contributed by atoms with van der Waals surface area (Å²) in [6.07, 6.45) is 0. The van der Waals surface area contributed by atoms with Gasteiger partial charge in [-0.1, -0.05) is 34.1 Å². The summed E-state index contributed by atoms with van der Waals surface area (Å²) in [5.74, 6) is -0.740. The maximum absolute atomic E-state index is 12.9. The number of hydrogen-bond acceptors (Lipinski definition) is 2. The Balaban J connectivity index is 2.03. The third-order valence-corrected chi connectivity index (χ3v) is 3.96. The molecular weight excluding hydrogens is 313 g/mol. The van der Waals surface area contributed by atoms with Gasteiger partial charge in [0.1, 0.15) is 5.82 Å². The third-order valence-electron chi connectivity index (χ3n) is 2.90. The Kier molecular flexibility index (Phi) is 2.98. The van der Waals surface area contributed by atoms with Gasteiger partial charge in [0, 0.05) is 0 Å². The molecule has 0 aliphatic heterocycles. The van der Waals surface area contributed by atoms with Gasteiger partial charge in [0.05, 0.1) is 10.3 Å². The summed E-state index contributed by atoms with van der Waals surface area (Å²) in [6, 6.07) is 11.7. The molecule has 2 aromatic carbocycles. The van der Waals surface area contributed by atoms with Crippen LogP contribution in [-0.2, 0) is 0 Å². The van der Waals surface area contributed by atoms with Crippen molar-refractivity contribution >= 4 is 27.0 Å². The molecule has 96 valence electrons. The molecule has 0 bridgehead atoms. The highest BCUT2D eigenvalue weighted by molar-refractivity contribution is 9.09. The molecule has 1 heterocycles. The third kappa shape index (κ3) is 2.33. The quantitative estimate of drug-likeness (QED) is 0.731. The lowest BCUT2D eigenvalue weighted by Crippen LogP contribution is -1.93. The lowest BCUT2D eigenvalue weighted by Gasteiger charge is -2.10. The molecule has 0 aliphatic rings. The molecule has 1 unspecified atom stereocenters. The minimum absolute atomic E-state index is 0.0855. The van der Waals surface area contributed by atoms with Crippen molar-refractivity contribution in [1.82, 2.24) is 4.98 Å². The van der Waals surface area contributed by atoms with Crippen LogP contribution >= 0.6 is 15.9 Å². The summed E-state index contributed by atoms with van der Waals surface area (Å²) in [4.78, 5) is 13.6. The number of benzene rings is 2. The normalized spacial score (nSPS) is 12.7. The monoisotopic (exact) mass is 321 g/mol. The zero-order chi connectivity index (χ0) is 13.4. The number of oxazole rings is 1. The van der Waals surface area contributed by atoms with Crippen LogP contribution in [0.4, 0.5) is 4.39 Å². The summed E-state index contributed by atoms with van der Waals surface area (Å²) >= 11 is 3.56. The maximum atomic E-state index is 12.9. The van der Waals surface area contributed by atoms with Crippen LogP contribution < -0.4 is 5.76 Å². The molecule has 3 rings (SSSR count). The average molecular weight is 322 g/mol. The number of aromatic nitrogens is 1. The van der Waals surface area contributed by atoms with Gasteiger partial charge in [-0.25, -0.2) is 9.18 Å². The van der Waals surface area contributed by atoms with Gasteiger partial charge in [-0.2, -0.15) is 0 Å². The molecule has 0 saturated carbocycles. The summed E-state index contributed by atoms with van der Waals surface area (Å²) in [6.45, 7) is 0. The molecule has 0 spiro atoms. The Morgan fingerprint density at radius 1 is 1.11 bits per heavy atom. The fourth-order valence-electron chi connectivity index (χ4n) is 1.94. The molecule has 3 nitrogen and oxygen atoms in total. The van der Waals surface area contributed by atoms with E-state index in [0.717, 1.165) is 11.1 Å². The lowest BCUT2D eigenvalue weighted by atomic mass is 10.0. The second-order valence-corrected chi connectivity index (χ2v) is 5.10. The molecule has 0 saturated heterocycles. The number of rotatable bonds is 2. The van der Waals surface area contributed by atoms with Gasteiger partial charge in [0.15, 0.2) is 5.58 Å². The van der Waals surface area contributed by atoms with Gasteiger partial charge in [0.2, 0.25) is 0 Å². The second-order valence-electron chi connectivity index (χ2n) is 4.18. The van der Waals surface area contributed by atoms with Crippen LogP contribution in [0, 0.1) is 5.82 Å². The van der Waals surface area contributed by atoms with Crippen molar-refractivity contribution < 1.29 is 8.81 Å². The van der Waals surface area contributed by atoms with Crippen molar-refractivity contribution in [3.05, 3.63) is 70.0 Å². The van der Waals surface area contributed by atoms with Gasteiger partial charge >= 0.3 is 5.76 Å². The highest BCUT2D eigenvalue weighted by atomic mass is 79.9. The van der Waals surface area contributed by atoms with Crippen molar-refractivity contribution in [2.75, 3.05) is 0 Å². The van der Waals surface area contributed by atoms with Gasteiger partial charge in [0.25, 0.3) is 0 Å². The molecule has 1 N–H and O–H groups in total. The first kappa shape index (κ1) is 12.2. The predicted molar refractivity (Wildman–Crippen MR) is 74.0 cm³/mol. The van der Waals surface area contributed by atoms with Crippen molar-refractivity contribution in [3.63, 3.8) is 0 Å². The molecule has 0 radical (unpaired) electrons. The number of aromatic amines is 1. The van der Waals surface area contributed by atoms with Gasteiger partial charge < -0.3 is 4.42 Å². The Morgan fingerprint density at radius 3 is 2.53 bits per heavy atom. The standard InChI is InChI=1S/C14H9BrFNO2/c15-13(8-1-4-10(16)5-2-8)9-3-6-11-12(7-9)19-14(18)17-11/h1-7,13H,(H,17,18). The molecule has 5 heteroatoms. The second kappa shape index (κ2) is 4.66. The van der Waals surface area contributed by atoms with E-state index in [-0.39, 0.29) is 10.6 Å². The van der Waals surface area contributed by atoms with Crippen LogP contribution in [0.5, 0.6) is 0 Å². The zero-order valence-corrected chi connectivity index (χ0v) is 11.3. The SMILES string of the molecule is O=c1[nH]c2ccc(C(Br)c3ccc(F)cc3)cc2o1. The number of hydrogen-bond donors (Lipinski definition) is 1. The van der Waals surface area contributed by atoms with Crippen LogP contribution in [0.3, 0.4) is 0 Å². The average Bonchev–Trinajstić information content (AvgIpc) is 2.77. The number of nitrogens with one attached hydrogen (secondary N) is 1. The molecule has 1 atom stereocenters. The van der Waals surface area contributed by atoms with Crippen molar-refractivity contribution in [2.24, 2.45) is 0 Å². The van der Waals surface area contributed by atoms with E-state index in [0.29, 0.717) is 11.1 Å². The van der Waals surface area contributed by atoms with Crippen LogP contribution in [0.2, 0.25) is 0 Å². The van der Waals surface area contributed by atoms with Gasteiger partial charge in [-0.05, 0) is 35.4 Å². The van der Waals surface area contributed by atoms with Crippen molar-refractivity contribution in [3.8, 4) is 0 Å². The number of fused-ring (bicyclic) bond motifs is 1. The zero-order valence-electron chi connectivity index (χ0n) is 9.69. The van der Waals surface area contributed by atoms with Crippen LogP contribution in [0.15, 0.2) is 51.7 Å². The first-order chi connectivity index (χ1) is 9.13. The van der Waals surface area contributed by atoms with Crippen LogP contribution in [0.1, 0.15) is 16.0 Å². The molecule has 3 aromatic rings. The Bertz CT molecular complexity index is 776.